The van der Waals surface area contributed by atoms with E-state index in [9.17, 15) is 0 Å². The van der Waals surface area contributed by atoms with Crippen molar-refractivity contribution in [2.24, 2.45) is 5.92 Å². The molecule has 0 fully saturated rings. The van der Waals surface area contributed by atoms with Crippen LogP contribution in [-0.4, -0.2) is 19.3 Å². The fourth-order valence-corrected chi connectivity index (χ4v) is 7.79. The van der Waals surface area contributed by atoms with Gasteiger partial charge >= 0.3 is 21.1 Å². The molecular formula is C47H50N4OPt. The Balaban J connectivity index is 0.00000481. The van der Waals surface area contributed by atoms with E-state index in [2.05, 4.69) is 164 Å². The molecule has 3 heterocycles. The maximum absolute atomic E-state index is 6.72. The van der Waals surface area contributed by atoms with Crippen LogP contribution >= 0.6 is 0 Å². The number of hydrogen-bond donors (Lipinski definition) is 0. The molecule has 0 N–H and O–H groups in total. The van der Waals surface area contributed by atoms with Crippen molar-refractivity contribution in [1.82, 2.24) is 19.3 Å². The molecular weight excluding hydrogens is 832 g/mol. The molecule has 274 valence electrons. The number of hydrogen-bond acceptors (Lipinski definition) is 3. The Hall–Kier alpha value is -4.47. The minimum Gasteiger partial charge on any atom is -0.509 e. The van der Waals surface area contributed by atoms with Crippen LogP contribution in [0.15, 0.2) is 79.0 Å². The van der Waals surface area contributed by atoms with E-state index in [-0.39, 0.29) is 32.4 Å². The Morgan fingerprint density at radius 1 is 0.774 bits per heavy atom. The maximum atomic E-state index is 6.72. The summed E-state index contributed by atoms with van der Waals surface area (Å²) in [7, 11) is 0. The van der Waals surface area contributed by atoms with Gasteiger partial charge in [-0.05, 0) is 97.5 Å². The molecule has 0 bridgehead atoms. The molecule has 4 aromatic carbocycles. The van der Waals surface area contributed by atoms with Gasteiger partial charge in [-0.3, -0.25) is 4.68 Å². The Labute approximate surface area is 329 Å². The smallest absolute Gasteiger partial charge is 0.509 e. The number of pyridine rings is 1. The number of fused-ring (bicyclic) bond motifs is 3. The number of nitrogens with zero attached hydrogens (tertiary/aromatic N) is 4. The van der Waals surface area contributed by atoms with Crippen LogP contribution in [0.2, 0.25) is 0 Å². The van der Waals surface area contributed by atoms with Gasteiger partial charge in [-0.15, -0.1) is 41.3 Å². The van der Waals surface area contributed by atoms with Gasteiger partial charge in [0, 0.05) is 34.2 Å². The Kier molecular flexibility index (Phi) is 10.6. The summed E-state index contributed by atoms with van der Waals surface area (Å²) in [5.41, 5.74) is 13.5. The molecule has 5 nitrogen and oxygen atoms in total. The van der Waals surface area contributed by atoms with Gasteiger partial charge in [0.05, 0.1) is 11.4 Å². The molecule has 6 heteroatoms. The largest absolute Gasteiger partial charge is 2.00 e. The van der Waals surface area contributed by atoms with Crippen molar-refractivity contribution >= 4 is 21.8 Å². The normalized spacial score (nSPS) is 11.9. The topological polar surface area (TPSA) is 44.9 Å². The molecule has 0 aliphatic carbocycles. The molecule has 0 aliphatic heterocycles. The minimum absolute atomic E-state index is 0. The van der Waals surface area contributed by atoms with Crippen LogP contribution in [0.1, 0.15) is 93.6 Å². The van der Waals surface area contributed by atoms with E-state index in [0.29, 0.717) is 17.4 Å². The van der Waals surface area contributed by atoms with Gasteiger partial charge in [0.2, 0.25) is 0 Å². The van der Waals surface area contributed by atoms with Crippen LogP contribution in [0.3, 0.4) is 0 Å². The third-order valence-electron chi connectivity index (χ3n) is 9.90. The van der Waals surface area contributed by atoms with E-state index < -0.39 is 0 Å². The van der Waals surface area contributed by atoms with E-state index in [1.165, 1.54) is 33.4 Å². The van der Waals surface area contributed by atoms with Crippen LogP contribution in [0.25, 0.3) is 44.4 Å². The van der Waals surface area contributed by atoms with Crippen molar-refractivity contribution in [2.45, 2.75) is 93.9 Å². The summed E-state index contributed by atoms with van der Waals surface area (Å²) >= 11 is 0. The molecule has 0 radical (unpaired) electrons. The second kappa shape index (κ2) is 14.7. The number of rotatable bonds is 8. The van der Waals surface area contributed by atoms with Gasteiger partial charge in [0.1, 0.15) is 5.82 Å². The van der Waals surface area contributed by atoms with Crippen molar-refractivity contribution < 1.29 is 25.8 Å². The van der Waals surface area contributed by atoms with Crippen molar-refractivity contribution in [1.29, 1.82) is 0 Å². The molecule has 7 rings (SSSR count). The molecule has 0 atom stereocenters. The molecule has 0 spiro atoms. The maximum Gasteiger partial charge on any atom is 2.00 e. The predicted molar refractivity (Wildman–Crippen MR) is 216 cm³/mol. The number of benzene rings is 4. The molecule has 0 aliphatic rings. The van der Waals surface area contributed by atoms with Gasteiger partial charge in [-0.25, -0.2) is 4.98 Å². The van der Waals surface area contributed by atoms with Crippen molar-refractivity contribution in [2.75, 3.05) is 0 Å². The van der Waals surface area contributed by atoms with Crippen molar-refractivity contribution in [3.05, 3.63) is 130 Å². The zero-order valence-electron chi connectivity index (χ0n) is 32.9. The molecule has 7 aromatic rings. The van der Waals surface area contributed by atoms with Gasteiger partial charge in [0.15, 0.2) is 0 Å². The molecule has 0 saturated heterocycles. The van der Waals surface area contributed by atoms with Crippen LogP contribution in [0.4, 0.5) is 0 Å². The first-order valence-corrected chi connectivity index (χ1v) is 18.5. The third-order valence-corrected chi connectivity index (χ3v) is 9.90. The Morgan fingerprint density at radius 3 is 2.17 bits per heavy atom. The predicted octanol–water partition coefficient (Wildman–Crippen LogP) is 12.3. The fraction of sp³-hybridized carbons (Fsp3) is 0.319. The summed E-state index contributed by atoms with van der Waals surface area (Å²) in [4.78, 5) is 4.84. The Bertz CT molecular complexity index is 2430. The number of aryl methyl sites for hydroxylation is 4. The Morgan fingerprint density at radius 2 is 1.49 bits per heavy atom. The van der Waals surface area contributed by atoms with Crippen LogP contribution in [-0.2, 0) is 32.9 Å². The first kappa shape index (κ1) is 38.3. The minimum atomic E-state index is -0.199. The van der Waals surface area contributed by atoms with Gasteiger partial charge in [-0.2, -0.15) is 11.2 Å². The van der Waals surface area contributed by atoms with E-state index in [0.717, 1.165) is 56.7 Å². The van der Waals surface area contributed by atoms with E-state index >= 15 is 0 Å². The zero-order chi connectivity index (χ0) is 37.1. The van der Waals surface area contributed by atoms with Gasteiger partial charge in [-0.1, -0.05) is 89.9 Å². The summed E-state index contributed by atoms with van der Waals surface area (Å²) in [6.07, 6.45) is 2.91. The first-order valence-electron chi connectivity index (χ1n) is 18.5. The number of aromatic nitrogens is 4. The monoisotopic (exact) mass is 881 g/mol. The second-order valence-corrected chi connectivity index (χ2v) is 16.2. The van der Waals surface area contributed by atoms with E-state index in [1.54, 1.807) is 0 Å². The van der Waals surface area contributed by atoms with Crippen LogP contribution in [0.5, 0.6) is 11.5 Å². The van der Waals surface area contributed by atoms with E-state index in [1.807, 2.05) is 12.3 Å². The fourth-order valence-electron chi connectivity index (χ4n) is 7.79. The van der Waals surface area contributed by atoms with Crippen molar-refractivity contribution in [3.63, 3.8) is 0 Å². The van der Waals surface area contributed by atoms with Crippen molar-refractivity contribution in [3.8, 4) is 34.1 Å². The second-order valence-electron chi connectivity index (χ2n) is 16.2. The van der Waals surface area contributed by atoms with Crippen LogP contribution in [0, 0.1) is 45.7 Å². The average molecular weight is 882 g/mol. The van der Waals surface area contributed by atoms with Crippen LogP contribution < -0.4 is 4.74 Å². The van der Waals surface area contributed by atoms with Gasteiger partial charge in [0.25, 0.3) is 0 Å². The molecule has 3 aromatic heterocycles. The summed E-state index contributed by atoms with van der Waals surface area (Å²) in [5.74, 6) is 2.96. The summed E-state index contributed by atoms with van der Waals surface area (Å²) in [6, 6.07) is 33.1. The number of para-hydroxylation sites is 1. The summed E-state index contributed by atoms with van der Waals surface area (Å²) < 4.78 is 11.0. The quantitative estimate of drug-likeness (QED) is 0.143. The van der Waals surface area contributed by atoms with Gasteiger partial charge < -0.3 is 9.30 Å². The zero-order valence-corrected chi connectivity index (χ0v) is 35.2. The molecule has 0 amide bonds. The average Bonchev–Trinajstić information content (AvgIpc) is 3.58. The SMILES string of the molecule is Cc1cc(C)c(-c2c(C)nn(-c3[c-]c(Oc4[c-]c5c(cc4)c4ccccc4n5-c4cc(CC(C)C)ccn4)cc(C(C)C)c3)c2C(C)(C)C)c(C)c1.[Pt+2]. The molecule has 53 heavy (non-hydrogen) atoms. The number of ether oxygens (including phenoxy) is 1. The summed E-state index contributed by atoms with van der Waals surface area (Å²) in [6.45, 7) is 24.4. The molecule has 0 unspecified atom stereocenters. The third kappa shape index (κ3) is 7.38. The molecule has 0 saturated carbocycles. The summed E-state index contributed by atoms with van der Waals surface area (Å²) in [5, 5.41) is 7.49. The van der Waals surface area contributed by atoms with E-state index in [4.69, 9.17) is 14.8 Å². The first-order chi connectivity index (χ1) is 24.7. The standard InChI is InChI=1S/C47H50N4O.Pt/c1-28(2)20-34-18-19-48-43(23-34)50-41-15-13-12-14-39(41)40-17-16-37(27-42(40)50)52-38-25-35(29(3)4)24-36(26-38)51-46(47(9,10)11)45(33(8)49-51)44-31(6)21-30(5)22-32(44)7;/h12-19,21-25,28-29H,20H2,1-11H3;/q-2;+2.